The molecule has 2 nitrogen and oxygen atoms in total. The third-order valence-electron chi connectivity index (χ3n) is 4.17. The van der Waals surface area contributed by atoms with Gasteiger partial charge in [-0.25, -0.2) is 0 Å². The van der Waals surface area contributed by atoms with E-state index >= 15 is 0 Å². The molecule has 2 rings (SSSR count). The van der Waals surface area contributed by atoms with E-state index in [4.69, 9.17) is 5.11 Å². The molecule has 0 heterocycles. The van der Waals surface area contributed by atoms with E-state index in [9.17, 15) is 0 Å². The van der Waals surface area contributed by atoms with Crippen LogP contribution in [-0.4, -0.2) is 23.8 Å². The first-order valence-electron chi connectivity index (χ1n) is 6.68. The maximum Gasteiger partial charge on any atom is 0.0445 e. The molecule has 0 aromatic heterocycles. The highest BCUT2D eigenvalue weighted by molar-refractivity contribution is 4.90. The van der Waals surface area contributed by atoms with Crippen LogP contribution in [0.2, 0.25) is 0 Å². The number of aliphatic hydroxyl groups is 1. The van der Waals surface area contributed by atoms with Crippen LogP contribution in [0.5, 0.6) is 0 Å². The maximum absolute atomic E-state index is 9.07. The minimum atomic E-state index is 0.343. The van der Waals surface area contributed by atoms with Gasteiger partial charge in [-0.05, 0) is 43.9 Å². The van der Waals surface area contributed by atoms with Crippen LogP contribution >= 0.6 is 0 Å². The van der Waals surface area contributed by atoms with Crippen molar-refractivity contribution in [3.8, 4) is 0 Å². The standard InChI is InChI=1S/C13H25NO/c1-10-4-2-3-5-12(10)14-13(8-9-15)11-6-7-11/h10-15H,2-9H2,1H3. The molecule has 2 saturated carbocycles. The van der Waals surface area contributed by atoms with E-state index in [1.807, 2.05) is 0 Å². The van der Waals surface area contributed by atoms with Gasteiger partial charge in [0.05, 0.1) is 0 Å². The second kappa shape index (κ2) is 5.31. The lowest BCUT2D eigenvalue weighted by Gasteiger charge is -2.33. The summed E-state index contributed by atoms with van der Waals surface area (Å²) >= 11 is 0. The number of rotatable bonds is 5. The highest BCUT2D eigenvalue weighted by atomic mass is 16.3. The quantitative estimate of drug-likeness (QED) is 0.731. The van der Waals surface area contributed by atoms with Crippen molar-refractivity contribution in [2.75, 3.05) is 6.61 Å². The van der Waals surface area contributed by atoms with Crippen LogP contribution < -0.4 is 5.32 Å². The summed E-state index contributed by atoms with van der Waals surface area (Å²) in [5.41, 5.74) is 0. The monoisotopic (exact) mass is 211 g/mol. The van der Waals surface area contributed by atoms with Gasteiger partial charge in [-0.15, -0.1) is 0 Å². The Labute approximate surface area is 93.5 Å². The number of hydrogen-bond donors (Lipinski definition) is 2. The van der Waals surface area contributed by atoms with Gasteiger partial charge in [0, 0.05) is 18.7 Å². The van der Waals surface area contributed by atoms with E-state index in [-0.39, 0.29) is 0 Å². The van der Waals surface area contributed by atoms with Crippen molar-refractivity contribution in [2.24, 2.45) is 11.8 Å². The van der Waals surface area contributed by atoms with E-state index in [0.717, 1.165) is 24.3 Å². The van der Waals surface area contributed by atoms with Gasteiger partial charge >= 0.3 is 0 Å². The fourth-order valence-corrected chi connectivity index (χ4v) is 2.93. The maximum atomic E-state index is 9.07. The first-order chi connectivity index (χ1) is 7.31. The van der Waals surface area contributed by atoms with Gasteiger partial charge in [0.25, 0.3) is 0 Å². The fraction of sp³-hybridized carbons (Fsp3) is 1.00. The van der Waals surface area contributed by atoms with Crippen LogP contribution in [0.3, 0.4) is 0 Å². The Hall–Kier alpha value is -0.0800. The second-order valence-electron chi connectivity index (χ2n) is 5.49. The molecule has 0 aliphatic heterocycles. The van der Waals surface area contributed by atoms with Crippen LogP contribution in [0.1, 0.15) is 51.9 Å². The van der Waals surface area contributed by atoms with Gasteiger partial charge in [-0.1, -0.05) is 19.8 Å². The molecule has 2 aliphatic rings. The molecule has 2 aliphatic carbocycles. The lowest BCUT2D eigenvalue weighted by molar-refractivity contribution is 0.212. The SMILES string of the molecule is CC1CCCCC1NC(CCO)C1CC1. The summed E-state index contributed by atoms with van der Waals surface area (Å²) in [6.07, 6.45) is 9.22. The van der Waals surface area contributed by atoms with Gasteiger partial charge in [0.15, 0.2) is 0 Å². The molecule has 2 heteroatoms. The predicted octanol–water partition coefficient (Wildman–Crippen LogP) is 2.32. The van der Waals surface area contributed by atoms with E-state index < -0.39 is 0 Å². The van der Waals surface area contributed by atoms with Crippen molar-refractivity contribution in [3.05, 3.63) is 0 Å². The number of aliphatic hydroxyl groups excluding tert-OH is 1. The molecular formula is C13H25NO. The van der Waals surface area contributed by atoms with E-state index in [1.165, 1.54) is 38.5 Å². The zero-order valence-corrected chi connectivity index (χ0v) is 9.91. The third-order valence-corrected chi connectivity index (χ3v) is 4.17. The Morgan fingerprint density at radius 2 is 1.93 bits per heavy atom. The topological polar surface area (TPSA) is 32.3 Å². The smallest absolute Gasteiger partial charge is 0.0445 e. The van der Waals surface area contributed by atoms with Crippen molar-refractivity contribution in [2.45, 2.75) is 64.0 Å². The Morgan fingerprint density at radius 1 is 1.20 bits per heavy atom. The van der Waals surface area contributed by atoms with Crippen LogP contribution in [0.4, 0.5) is 0 Å². The van der Waals surface area contributed by atoms with Gasteiger partial charge < -0.3 is 10.4 Å². The molecule has 3 atom stereocenters. The first-order valence-corrected chi connectivity index (χ1v) is 6.68. The van der Waals surface area contributed by atoms with Crippen molar-refractivity contribution in [1.82, 2.24) is 5.32 Å². The normalized spacial score (nSPS) is 34.0. The minimum Gasteiger partial charge on any atom is -0.396 e. The summed E-state index contributed by atoms with van der Waals surface area (Å²) in [6, 6.07) is 1.32. The Morgan fingerprint density at radius 3 is 2.53 bits per heavy atom. The van der Waals surface area contributed by atoms with Gasteiger partial charge in [0.1, 0.15) is 0 Å². The van der Waals surface area contributed by atoms with E-state index in [1.54, 1.807) is 0 Å². The number of nitrogens with one attached hydrogen (secondary N) is 1. The minimum absolute atomic E-state index is 0.343. The first kappa shape index (κ1) is 11.4. The molecule has 0 spiro atoms. The largest absolute Gasteiger partial charge is 0.396 e. The summed E-state index contributed by atoms with van der Waals surface area (Å²) < 4.78 is 0. The summed E-state index contributed by atoms with van der Waals surface area (Å²) in [7, 11) is 0. The van der Waals surface area contributed by atoms with Gasteiger partial charge in [0.2, 0.25) is 0 Å². The second-order valence-corrected chi connectivity index (χ2v) is 5.49. The van der Waals surface area contributed by atoms with Crippen LogP contribution in [0.25, 0.3) is 0 Å². The molecule has 3 unspecified atom stereocenters. The molecule has 0 aromatic rings. The highest BCUT2D eigenvalue weighted by Crippen LogP contribution is 2.35. The van der Waals surface area contributed by atoms with Gasteiger partial charge in [-0.2, -0.15) is 0 Å². The average molecular weight is 211 g/mol. The van der Waals surface area contributed by atoms with E-state index in [2.05, 4.69) is 12.2 Å². The van der Waals surface area contributed by atoms with Crippen LogP contribution in [-0.2, 0) is 0 Å². The molecular weight excluding hydrogens is 186 g/mol. The molecule has 0 aromatic carbocycles. The van der Waals surface area contributed by atoms with Crippen molar-refractivity contribution in [1.29, 1.82) is 0 Å². The van der Waals surface area contributed by atoms with Crippen LogP contribution in [0.15, 0.2) is 0 Å². The molecule has 88 valence electrons. The summed E-state index contributed by atoms with van der Waals surface area (Å²) in [6.45, 7) is 2.72. The molecule has 0 bridgehead atoms. The Bertz CT molecular complexity index is 189. The molecule has 15 heavy (non-hydrogen) atoms. The predicted molar refractivity (Wildman–Crippen MR) is 62.8 cm³/mol. The highest BCUT2D eigenvalue weighted by Gasteiger charge is 2.33. The van der Waals surface area contributed by atoms with Crippen molar-refractivity contribution in [3.63, 3.8) is 0 Å². The number of hydrogen-bond acceptors (Lipinski definition) is 2. The molecule has 0 saturated heterocycles. The molecule has 0 radical (unpaired) electrons. The summed E-state index contributed by atoms with van der Waals surface area (Å²) in [5.74, 6) is 1.70. The fourth-order valence-electron chi connectivity index (χ4n) is 2.93. The summed E-state index contributed by atoms with van der Waals surface area (Å²) in [4.78, 5) is 0. The lowest BCUT2D eigenvalue weighted by Crippen LogP contribution is -2.45. The molecule has 2 fully saturated rings. The van der Waals surface area contributed by atoms with Crippen molar-refractivity contribution >= 4 is 0 Å². The molecule has 0 amide bonds. The van der Waals surface area contributed by atoms with E-state index in [0.29, 0.717) is 12.6 Å². The lowest BCUT2D eigenvalue weighted by atomic mass is 9.85. The Balaban J connectivity index is 1.81. The Kier molecular flexibility index (Phi) is 4.04. The van der Waals surface area contributed by atoms with Crippen molar-refractivity contribution < 1.29 is 5.11 Å². The third kappa shape index (κ3) is 3.18. The molecule has 2 N–H and O–H groups in total. The average Bonchev–Trinajstić information content (AvgIpc) is 3.04. The zero-order valence-electron chi connectivity index (χ0n) is 9.91. The summed E-state index contributed by atoms with van der Waals surface area (Å²) in [5, 5.41) is 12.9. The van der Waals surface area contributed by atoms with Gasteiger partial charge in [-0.3, -0.25) is 0 Å². The zero-order chi connectivity index (χ0) is 10.7. The van der Waals surface area contributed by atoms with Crippen LogP contribution in [0, 0.1) is 11.8 Å².